The Morgan fingerprint density at radius 1 is 1.19 bits per heavy atom. The Labute approximate surface area is 195 Å². The molecule has 5 nitrogen and oxygen atoms in total. The Morgan fingerprint density at radius 2 is 1.84 bits per heavy atom. The Kier molecular flexibility index (Phi) is 6.15. The van der Waals surface area contributed by atoms with Crippen molar-refractivity contribution in [2.45, 2.75) is 69.6 Å². The molecule has 1 aromatic heterocycles. The van der Waals surface area contributed by atoms with Crippen LogP contribution in [0.1, 0.15) is 62.9 Å². The molecule has 4 aliphatic carbocycles. The molecule has 0 spiro atoms. The van der Waals surface area contributed by atoms with Gasteiger partial charge in [0.05, 0.1) is 11.8 Å². The fraction of sp³-hybridized carbons (Fsp3) is 0.577. The molecule has 4 bridgehead atoms. The van der Waals surface area contributed by atoms with Crippen LogP contribution >= 0.6 is 11.8 Å². The van der Waals surface area contributed by atoms with E-state index in [0.717, 1.165) is 40.7 Å². The molecule has 0 radical (unpaired) electrons. The molecule has 4 fully saturated rings. The van der Waals surface area contributed by atoms with Gasteiger partial charge in [-0.2, -0.15) is 0 Å². The standard InChI is InChI=1S/C26H34N4OS/c1-3-9-30-23(16-26-13-19-10-20(14-26)12-21(11-19)15-26)28-29-25(30)32-17-24(31)27-18(2)22-7-5-4-6-8-22/h3-8,18-21H,1,9-17H2,2H3,(H,27,31). The molecule has 6 rings (SSSR count). The summed E-state index contributed by atoms with van der Waals surface area (Å²) in [5, 5.41) is 13.0. The summed E-state index contributed by atoms with van der Waals surface area (Å²) in [5.74, 6) is 4.22. The number of carbonyl (C=O) groups excluding carboxylic acids is 1. The molecule has 1 unspecified atom stereocenters. The maximum Gasteiger partial charge on any atom is 0.230 e. The largest absolute Gasteiger partial charge is 0.349 e. The number of allylic oxidation sites excluding steroid dienone is 1. The molecule has 170 valence electrons. The van der Waals surface area contributed by atoms with Crippen molar-refractivity contribution in [1.82, 2.24) is 20.1 Å². The zero-order chi connectivity index (χ0) is 22.1. The van der Waals surface area contributed by atoms with E-state index in [2.05, 4.69) is 26.7 Å². The third kappa shape index (κ3) is 4.52. The van der Waals surface area contributed by atoms with E-state index < -0.39 is 0 Å². The zero-order valence-corrected chi connectivity index (χ0v) is 19.8. The van der Waals surface area contributed by atoms with E-state index in [4.69, 9.17) is 0 Å². The fourth-order valence-corrected chi connectivity index (χ4v) is 7.73. The number of carbonyl (C=O) groups is 1. The van der Waals surface area contributed by atoms with Gasteiger partial charge in [-0.05, 0) is 74.2 Å². The molecule has 0 aliphatic heterocycles. The number of amides is 1. The first-order valence-corrected chi connectivity index (χ1v) is 13.0. The third-order valence-electron chi connectivity index (χ3n) is 7.81. The van der Waals surface area contributed by atoms with Gasteiger partial charge in [0.25, 0.3) is 0 Å². The Bertz CT molecular complexity index is 934. The lowest BCUT2D eigenvalue weighted by Crippen LogP contribution is -2.47. The number of aromatic nitrogens is 3. The summed E-state index contributed by atoms with van der Waals surface area (Å²) >= 11 is 1.48. The van der Waals surface area contributed by atoms with E-state index in [1.165, 1.54) is 50.3 Å². The van der Waals surface area contributed by atoms with Crippen LogP contribution < -0.4 is 5.32 Å². The summed E-state index contributed by atoms with van der Waals surface area (Å²) in [6.45, 7) is 6.66. The highest BCUT2D eigenvalue weighted by Gasteiger charge is 2.51. The van der Waals surface area contributed by atoms with Crippen LogP contribution in [-0.2, 0) is 17.8 Å². The van der Waals surface area contributed by atoms with Gasteiger partial charge in [-0.3, -0.25) is 4.79 Å². The minimum Gasteiger partial charge on any atom is -0.349 e. The smallest absolute Gasteiger partial charge is 0.230 e. The van der Waals surface area contributed by atoms with Crippen molar-refractivity contribution in [2.24, 2.45) is 23.2 Å². The number of nitrogens with zero attached hydrogens (tertiary/aromatic N) is 3. The molecule has 1 N–H and O–H groups in total. The molecule has 1 atom stereocenters. The summed E-state index contributed by atoms with van der Waals surface area (Å²) < 4.78 is 2.18. The second-order valence-corrected chi connectivity index (χ2v) is 11.3. The van der Waals surface area contributed by atoms with Crippen LogP contribution in [0.15, 0.2) is 48.1 Å². The summed E-state index contributed by atoms with van der Waals surface area (Å²) in [6.07, 6.45) is 11.4. The van der Waals surface area contributed by atoms with Crippen LogP contribution in [0.3, 0.4) is 0 Å². The second-order valence-electron chi connectivity index (χ2n) is 10.4. The molecule has 6 heteroatoms. The average Bonchev–Trinajstić information content (AvgIpc) is 3.13. The molecule has 1 aromatic carbocycles. The number of rotatable bonds is 9. The summed E-state index contributed by atoms with van der Waals surface area (Å²) in [6, 6.07) is 10.0. The predicted molar refractivity (Wildman–Crippen MR) is 128 cm³/mol. The van der Waals surface area contributed by atoms with Crippen LogP contribution in [0.25, 0.3) is 0 Å². The second kappa shape index (κ2) is 9.05. The van der Waals surface area contributed by atoms with E-state index in [1.807, 2.05) is 43.3 Å². The van der Waals surface area contributed by atoms with Gasteiger partial charge in [0, 0.05) is 13.0 Å². The highest BCUT2D eigenvalue weighted by Crippen LogP contribution is 2.61. The minimum atomic E-state index is -0.0120. The van der Waals surface area contributed by atoms with Crippen LogP contribution in [-0.4, -0.2) is 26.4 Å². The average molecular weight is 451 g/mol. The summed E-state index contributed by atoms with van der Waals surface area (Å²) in [4.78, 5) is 12.6. The van der Waals surface area contributed by atoms with Crippen molar-refractivity contribution in [3.05, 3.63) is 54.4 Å². The predicted octanol–water partition coefficient (Wildman–Crippen LogP) is 5.19. The Balaban J connectivity index is 1.23. The van der Waals surface area contributed by atoms with E-state index in [1.54, 1.807) is 0 Å². The van der Waals surface area contributed by atoms with E-state index in [0.29, 0.717) is 17.7 Å². The van der Waals surface area contributed by atoms with E-state index in [-0.39, 0.29) is 11.9 Å². The molecule has 1 amide bonds. The van der Waals surface area contributed by atoms with Crippen molar-refractivity contribution < 1.29 is 4.79 Å². The van der Waals surface area contributed by atoms with Crippen molar-refractivity contribution in [1.29, 1.82) is 0 Å². The van der Waals surface area contributed by atoms with Gasteiger partial charge in [0.1, 0.15) is 5.82 Å². The van der Waals surface area contributed by atoms with Crippen LogP contribution in [0.5, 0.6) is 0 Å². The molecule has 4 saturated carbocycles. The topological polar surface area (TPSA) is 59.8 Å². The molecular weight excluding hydrogens is 416 g/mol. The molecule has 32 heavy (non-hydrogen) atoms. The quantitative estimate of drug-likeness (QED) is 0.422. The number of benzene rings is 1. The molecule has 0 saturated heterocycles. The summed E-state index contributed by atoms with van der Waals surface area (Å²) in [5.41, 5.74) is 1.53. The highest BCUT2D eigenvalue weighted by molar-refractivity contribution is 7.99. The SMILES string of the molecule is C=CCn1c(CC23CC4CC(CC(C4)C2)C3)nnc1SCC(=O)NC(C)c1ccccc1. The van der Waals surface area contributed by atoms with E-state index >= 15 is 0 Å². The fourth-order valence-electron chi connectivity index (χ4n) is 6.95. The number of hydrogen-bond acceptors (Lipinski definition) is 4. The van der Waals surface area contributed by atoms with Gasteiger partial charge in [0.15, 0.2) is 5.16 Å². The minimum absolute atomic E-state index is 0.0120. The lowest BCUT2D eigenvalue weighted by Gasteiger charge is -2.56. The lowest BCUT2D eigenvalue weighted by molar-refractivity contribution is -0.119. The van der Waals surface area contributed by atoms with Crippen molar-refractivity contribution >= 4 is 17.7 Å². The van der Waals surface area contributed by atoms with E-state index in [9.17, 15) is 4.79 Å². The normalized spacial score (nSPS) is 29.1. The van der Waals surface area contributed by atoms with Crippen molar-refractivity contribution in [3.8, 4) is 0 Å². The zero-order valence-electron chi connectivity index (χ0n) is 19.0. The van der Waals surface area contributed by atoms with Gasteiger partial charge in [-0.15, -0.1) is 16.8 Å². The molecular formula is C26H34N4OS. The number of nitrogens with one attached hydrogen (secondary N) is 1. The van der Waals surface area contributed by atoms with Crippen LogP contribution in [0.4, 0.5) is 0 Å². The Hall–Kier alpha value is -2.08. The van der Waals surface area contributed by atoms with Crippen molar-refractivity contribution in [3.63, 3.8) is 0 Å². The summed E-state index contributed by atoms with van der Waals surface area (Å²) in [7, 11) is 0. The van der Waals surface area contributed by atoms with Crippen molar-refractivity contribution in [2.75, 3.05) is 5.75 Å². The number of thioether (sulfide) groups is 1. The molecule has 4 aliphatic rings. The Morgan fingerprint density at radius 3 is 2.47 bits per heavy atom. The first kappa shape index (κ1) is 21.7. The first-order valence-electron chi connectivity index (χ1n) is 12.0. The maximum absolute atomic E-state index is 12.6. The number of hydrogen-bond donors (Lipinski definition) is 1. The third-order valence-corrected chi connectivity index (χ3v) is 8.78. The van der Waals surface area contributed by atoms with Gasteiger partial charge >= 0.3 is 0 Å². The monoisotopic (exact) mass is 450 g/mol. The maximum atomic E-state index is 12.6. The van der Waals surface area contributed by atoms with Gasteiger partial charge in [-0.25, -0.2) is 0 Å². The first-order chi connectivity index (χ1) is 15.5. The van der Waals surface area contributed by atoms with Crippen LogP contribution in [0.2, 0.25) is 0 Å². The molecule has 1 heterocycles. The van der Waals surface area contributed by atoms with Gasteiger partial charge in [0.2, 0.25) is 5.91 Å². The highest BCUT2D eigenvalue weighted by atomic mass is 32.2. The lowest BCUT2D eigenvalue weighted by atomic mass is 9.49. The molecule has 2 aromatic rings. The van der Waals surface area contributed by atoms with Gasteiger partial charge in [-0.1, -0.05) is 48.2 Å². The van der Waals surface area contributed by atoms with Crippen LogP contribution in [0, 0.1) is 23.2 Å². The van der Waals surface area contributed by atoms with Gasteiger partial charge < -0.3 is 9.88 Å².